The third kappa shape index (κ3) is 4.48. The van der Waals surface area contributed by atoms with Gasteiger partial charge in [0.25, 0.3) is 0 Å². The maximum Gasteiger partial charge on any atom is 0.343 e. The van der Waals surface area contributed by atoms with Crippen molar-refractivity contribution in [3.8, 4) is 0 Å². The summed E-state index contributed by atoms with van der Waals surface area (Å²) in [6.45, 7) is 3.86. The van der Waals surface area contributed by atoms with Gasteiger partial charge in [0.2, 0.25) is 5.79 Å². The van der Waals surface area contributed by atoms with Gasteiger partial charge in [-0.05, 0) is 57.8 Å². The minimum atomic E-state index is -1.82. The Balaban J connectivity index is 1.60. The highest BCUT2D eigenvalue weighted by molar-refractivity contribution is 6.14. The summed E-state index contributed by atoms with van der Waals surface area (Å²) in [6, 6.07) is 0. The van der Waals surface area contributed by atoms with Crippen molar-refractivity contribution in [1.29, 1.82) is 0 Å². The van der Waals surface area contributed by atoms with Gasteiger partial charge in [-0.2, -0.15) is 0 Å². The number of carboxylic acid groups (broad SMARTS) is 1. The summed E-state index contributed by atoms with van der Waals surface area (Å²) in [6.07, 6.45) is 13.6. The number of hydrogen-bond donors (Lipinski definition) is 1. The molecule has 2 fully saturated rings. The number of carbonyl (C=O) groups excluding carboxylic acids is 4. The molecule has 9 nitrogen and oxygen atoms in total. The first kappa shape index (κ1) is 28.2. The zero-order valence-electron chi connectivity index (χ0n) is 23.0. The van der Waals surface area contributed by atoms with Crippen molar-refractivity contribution in [2.24, 2.45) is 23.2 Å². The van der Waals surface area contributed by atoms with E-state index in [9.17, 15) is 29.1 Å². The van der Waals surface area contributed by atoms with Crippen molar-refractivity contribution in [3.63, 3.8) is 0 Å². The molecule has 0 radical (unpaired) electrons. The van der Waals surface area contributed by atoms with Crippen molar-refractivity contribution in [2.45, 2.75) is 89.9 Å². The van der Waals surface area contributed by atoms with E-state index in [4.69, 9.17) is 14.2 Å². The number of carbonyl (C=O) groups is 5. The molecule has 5 aliphatic rings. The SMILES string of the molecule is C/C=C/CCCCCC1C=C2C3(CC(=O)O)CC4=C(C(=O)OC4=O)C4C1CC(C(=O)CC/C=C/C)OC24OC3=O. The molecule has 5 rings (SSSR count). The molecule has 0 aromatic carbocycles. The summed E-state index contributed by atoms with van der Waals surface area (Å²) < 4.78 is 17.4. The quantitative estimate of drug-likeness (QED) is 0.161. The summed E-state index contributed by atoms with van der Waals surface area (Å²) in [7, 11) is 0. The van der Waals surface area contributed by atoms with Crippen LogP contribution in [0.4, 0.5) is 0 Å². The summed E-state index contributed by atoms with van der Waals surface area (Å²) >= 11 is 0. The van der Waals surface area contributed by atoms with Crippen LogP contribution in [0.1, 0.15) is 78.1 Å². The number of cyclic esters (lactones) is 2. The van der Waals surface area contributed by atoms with E-state index in [1.165, 1.54) is 0 Å². The maximum absolute atomic E-state index is 13.7. The van der Waals surface area contributed by atoms with Crippen LogP contribution in [0.3, 0.4) is 0 Å². The number of carboxylic acids is 1. The van der Waals surface area contributed by atoms with Gasteiger partial charge >= 0.3 is 23.9 Å². The molecule has 0 amide bonds. The smallest absolute Gasteiger partial charge is 0.343 e. The molecule has 0 aromatic rings. The Morgan fingerprint density at radius 2 is 1.80 bits per heavy atom. The number of allylic oxidation sites excluding steroid dienone is 5. The highest BCUT2D eigenvalue weighted by Crippen LogP contribution is 2.67. The number of aliphatic carboxylic acids is 1. The average molecular weight is 553 g/mol. The van der Waals surface area contributed by atoms with E-state index in [1.807, 2.05) is 38.2 Å². The fourth-order valence-electron chi connectivity index (χ4n) is 7.40. The van der Waals surface area contributed by atoms with Crippen molar-refractivity contribution < 1.29 is 43.3 Å². The molecule has 40 heavy (non-hydrogen) atoms. The normalized spacial score (nSPS) is 34.1. The second-order valence-corrected chi connectivity index (χ2v) is 11.5. The van der Waals surface area contributed by atoms with Crippen LogP contribution in [-0.4, -0.2) is 46.7 Å². The maximum atomic E-state index is 13.7. The van der Waals surface area contributed by atoms with Crippen LogP contribution < -0.4 is 0 Å². The standard InChI is InChI=1S/C31H36O9/c1-3-5-7-8-9-11-12-18-14-23-30(17-24(33)34)16-20-25(28(36)38-27(20)35)26-19(18)15-22(21(32)13-10-6-4-2)39-31(23,26)40-29(30)37/h3-6,14,18-19,22,26H,7-13,15-17H2,1-2H3,(H,33,34)/b5-3+,6-4+. The number of Topliss-reactive ketones (excluding diaryl/α,β-unsaturated/α-hetero) is 1. The van der Waals surface area contributed by atoms with Gasteiger partial charge in [-0.15, -0.1) is 0 Å². The largest absolute Gasteiger partial charge is 0.481 e. The number of rotatable bonds is 12. The topological polar surface area (TPSA) is 133 Å². The van der Waals surface area contributed by atoms with Gasteiger partial charge in [0.1, 0.15) is 11.5 Å². The molecule has 9 heteroatoms. The van der Waals surface area contributed by atoms with Crippen LogP contribution in [0.15, 0.2) is 47.1 Å². The fourth-order valence-corrected chi connectivity index (χ4v) is 7.40. The molecule has 0 aromatic heterocycles. The number of esters is 3. The molecule has 2 saturated heterocycles. The summed E-state index contributed by atoms with van der Waals surface area (Å²) in [5, 5.41) is 9.90. The predicted molar refractivity (Wildman–Crippen MR) is 141 cm³/mol. The van der Waals surface area contributed by atoms with E-state index in [0.717, 1.165) is 32.1 Å². The lowest BCUT2D eigenvalue weighted by Gasteiger charge is -2.52. The van der Waals surface area contributed by atoms with Crippen molar-refractivity contribution >= 4 is 29.7 Å². The fraction of sp³-hybridized carbons (Fsp3) is 0.581. The first-order chi connectivity index (χ1) is 19.2. The highest BCUT2D eigenvalue weighted by Gasteiger charge is 2.75. The zero-order chi connectivity index (χ0) is 28.7. The highest BCUT2D eigenvalue weighted by atomic mass is 16.7. The third-order valence-electron chi connectivity index (χ3n) is 9.11. The molecule has 3 aliphatic heterocycles. The third-order valence-corrected chi connectivity index (χ3v) is 9.11. The van der Waals surface area contributed by atoms with Crippen LogP contribution in [0.2, 0.25) is 0 Å². The minimum absolute atomic E-state index is 0.0270. The molecular weight excluding hydrogens is 516 g/mol. The van der Waals surface area contributed by atoms with Gasteiger partial charge in [0.05, 0.1) is 23.5 Å². The first-order valence-electron chi connectivity index (χ1n) is 14.3. The van der Waals surface area contributed by atoms with Crippen LogP contribution in [0.5, 0.6) is 0 Å². The van der Waals surface area contributed by atoms with Crippen LogP contribution >= 0.6 is 0 Å². The Kier molecular flexibility index (Phi) is 7.70. The summed E-state index contributed by atoms with van der Waals surface area (Å²) in [4.78, 5) is 65.1. The lowest BCUT2D eigenvalue weighted by atomic mass is 9.59. The molecule has 3 heterocycles. The molecule has 214 valence electrons. The van der Waals surface area contributed by atoms with Crippen molar-refractivity contribution in [1.82, 2.24) is 0 Å². The molecule has 5 bridgehead atoms. The number of ketones is 1. The van der Waals surface area contributed by atoms with E-state index < -0.39 is 53.5 Å². The number of hydrogen-bond acceptors (Lipinski definition) is 8. The molecule has 6 unspecified atom stereocenters. The zero-order valence-corrected chi connectivity index (χ0v) is 23.0. The molecule has 1 N–H and O–H groups in total. The first-order valence-corrected chi connectivity index (χ1v) is 14.3. The Bertz CT molecular complexity index is 1250. The minimum Gasteiger partial charge on any atom is -0.481 e. The van der Waals surface area contributed by atoms with Gasteiger partial charge < -0.3 is 19.3 Å². The molecule has 1 spiro atoms. The number of unbranched alkanes of at least 4 members (excludes halogenated alkanes) is 3. The molecule has 0 saturated carbocycles. The van der Waals surface area contributed by atoms with Gasteiger partial charge in [-0.3, -0.25) is 14.4 Å². The van der Waals surface area contributed by atoms with Crippen LogP contribution in [-0.2, 0) is 38.2 Å². The van der Waals surface area contributed by atoms with Gasteiger partial charge in [-0.25, -0.2) is 9.59 Å². The Morgan fingerprint density at radius 3 is 2.52 bits per heavy atom. The van der Waals surface area contributed by atoms with E-state index in [-0.39, 0.29) is 41.6 Å². The second-order valence-electron chi connectivity index (χ2n) is 11.5. The van der Waals surface area contributed by atoms with E-state index in [2.05, 4.69) is 6.08 Å². The summed E-state index contributed by atoms with van der Waals surface area (Å²) in [5.41, 5.74) is -1.25. The second kappa shape index (κ2) is 10.9. The van der Waals surface area contributed by atoms with Crippen molar-refractivity contribution in [2.75, 3.05) is 0 Å². The van der Waals surface area contributed by atoms with E-state index in [1.54, 1.807) is 0 Å². The lowest BCUT2D eigenvalue weighted by molar-refractivity contribution is -0.268. The van der Waals surface area contributed by atoms with Gasteiger partial charge in [-0.1, -0.05) is 43.2 Å². The predicted octanol–water partition coefficient (Wildman–Crippen LogP) is 4.51. The summed E-state index contributed by atoms with van der Waals surface area (Å²) in [5.74, 6) is -7.03. The van der Waals surface area contributed by atoms with Crippen molar-refractivity contribution in [3.05, 3.63) is 47.1 Å². The van der Waals surface area contributed by atoms with Crippen LogP contribution in [0, 0.1) is 23.2 Å². The lowest BCUT2D eigenvalue weighted by Crippen LogP contribution is -2.59. The van der Waals surface area contributed by atoms with Gasteiger partial charge in [0.15, 0.2) is 5.78 Å². The Morgan fingerprint density at radius 1 is 1.05 bits per heavy atom. The van der Waals surface area contributed by atoms with E-state index >= 15 is 0 Å². The monoisotopic (exact) mass is 552 g/mol. The van der Waals surface area contributed by atoms with E-state index in [0.29, 0.717) is 18.4 Å². The number of ether oxygens (including phenoxy) is 3. The molecule has 6 atom stereocenters. The van der Waals surface area contributed by atoms with Crippen LogP contribution in [0.25, 0.3) is 0 Å². The average Bonchev–Trinajstić information content (AvgIpc) is 3.25. The molecule has 2 aliphatic carbocycles. The van der Waals surface area contributed by atoms with Gasteiger partial charge in [0, 0.05) is 18.4 Å². The Hall–Kier alpha value is -3.33. The Labute approximate surface area is 233 Å². The molecular formula is C31H36O9.